The minimum absolute atomic E-state index is 0.00501. The number of phenolic OH excluding ortho intramolecular Hbond substituents is 1. The van der Waals surface area contributed by atoms with E-state index in [1.54, 1.807) is 12.1 Å². The zero-order valence-corrected chi connectivity index (χ0v) is 51.9. The molecule has 0 unspecified atom stereocenters. The van der Waals surface area contributed by atoms with Crippen molar-refractivity contribution < 1.29 is 74.0 Å². The maximum Gasteiger partial charge on any atom is 0.251 e. The maximum absolute atomic E-state index is 14.7. The number of ether oxygens (including phenoxy) is 1. The number of benzene rings is 4. The van der Waals surface area contributed by atoms with E-state index in [0.29, 0.717) is 27.9 Å². The van der Waals surface area contributed by atoms with E-state index in [1.807, 2.05) is 18.2 Å². The smallest absolute Gasteiger partial charge is 0.251 e. The molecule has 0 radical (unpaired) electrons. The van der Waals surface area contributed by atoms with E-state index in [9.17, 15) is 69.3 Å². The number of aliphatic hydroxyl groups excluding tert-OH is 6. The lowest BCUT2D eigenvalue weighted by atomic mass is 9.89. The fourth-order valence-corrected chi connectivity index (χ4v) is 13.0. The number of piperidine rings is 1. The van der Waals surface area contributed by atoms with Gasteiger partial charge in [0.25, 0.3) is 5.91 Å². The van der Waals surface area contributed by atoms with Gasteiger partial charge in [-0.2, -0.15) is 0 Å². The number of aromatic nitrogens is 2. The number of aromatic hydroxyl groups is 1. The molecule has 4 fully saturated rings. The standard InChI is InChI=1S/C64H82N12O15S/c1-34-32-76-54(55(34)83)60(88)67-31-43(78)29-45(68-56(84)39-10-12-40(13-11-39)61-72-73-62(92-61)41-14-16-42(17-15-41)74-24-20-38(21-25-74)37-7-4-3-5-8-37)57(85)69-51(35(2)77)63(89)75-33-44(79)30-46(75)58(86)70-52(59(87)71-53(64(76)90)48(81)19-23-66)49(82)27-36-9-18-47(80)50(28-36)91-26-6-22-65/h3-5,7-18,28,34-35,38,43-46,48-49,51-55,77-83H,6,19-27,29-33,65-66H2,1-2H3,(H,67,88)(H,68,84)(H,69,85)(H,70,86)(H,71,87)/t34-,35+,43+,44+,45-,46-,48+,49+,51-,52-,53-,54-,55-/m0/s1. The molecule has 0 spiro atoms. The average Bonchev–Trinajstić information content (AvgIpc) is 2.22. The number of nitrogens with zero attached hydrogens (tertiary/aromatic N) is 5. The van der Waals surface area contributed by atoms with E-state index >= 15 is 0 Å². The van der Waals surface area contributed by atoms with Crippen LogP contribution in [-0.2, 0) is 35.2 Å². The number of β-amino-alcohol motifs (C(OH)–C–C–N with tert-alkyl or cyclic N) is 1. The third-order valence-electron chi connectivity index (χ3n) is 17.3. The van der Waals surface area contributed by atoms with Crippen LogP contribution in [0.5, 0.6) is 11.5 Å². The summed E-state index contributed by atoms with van der Waals surface area (Å²) in [6.45, 7) is 3.29. The van der Waals surface area contributed by atoms with E-state index in [0.717, 1.165) is 53.9 Å². The Labute approximate surface area is 535 Å². The molecular formula is C64H82N12O15S. The van der Waals surface area contributed by atoms with E-state index in [2.05, 4.69) is 78.1 Å². The van der Waals surface area contributed by atoms with Crippen LogP contribution in [0.4, 0.5) is 5.69 Å². The number of aliphatic hydroxyl groups is 6. The van der Waals surface area contributed by atoms with Crippen molar-refractivity contribution in [2.24, 2.45) is 17.4 Å². The van der Waals surface area contributed by atoms with Gasteiger partial charge in [0, 0.05) is 80.3 Å². The van der Waals surface area contributed by atoms with Crippen molar-refractivity contribution in [1.82, 2.24) is 46.6 Å². The fourth-order valence-electron chi connectivity index (χ4n) is 12.2. The largest absolute Gasteiger partial charge is 0.504 e. The van der Waals surface area contributed by atoms with E-state index < -0.39 is 152 Å². The van der Waals surface area contributed by atoms with Gasteiger partial charge in [0.2, 0.25) is 35.4 Å². The second kappa shape index (κ2) is 31.0. The monoisotopic (exact) mass is 1290 g/mol. The van der Waals surface area contributed by atoms with Crippen LogP contribution in [0.3, 0.4) is 0 Å². The first-order valence-electron chi connectivity index (χ1n) is 31.0. The Morgan fingerprint density at radius 2 is 1.37 bits per heavy atom. The second-order valence-corrected chi connectivity index (χ2v) is 25.1. The lowest BCUT2D eigenvalue weighted by molar-refractivity contribution is -0.147. The molecule has 1 aromatic heterocycles. The zero-order valence-electron chi connectivity index (χ0n) is 51.1. The highest BCUT2D eigenvalue weighted by atomic mass is 32.1. The molecule has 0 saturated carbocycles. The number of carbonyl (C=O) groups excluding carboxylic acids is 7. The Morgan fingerprint density at radius 1 is 0.728 bits per heavy atom. The number of phenols is 1. The minimum Gasteiger partial charge on any atom is -0.504 e. The summed E-state index contributed by atoms with van der Waals surface area (Å²) in [4.78, 5) is 106. The Morgan fingerprint density at radius 3 is 2.02 bits per heavy atom. The number of nitrogens with one attached hydrogen (secondary N) is 5. The number of carbonyl (C=O) groups is 7. The van der Waals surface area contributed by atoms with Gasteiger partial charge in [-0.05, 0) is 111 Å². The number of hydrogen-bond acceptors (Lipinski definition) is 21. The molecule has 0 bridgehead atoms. The van der Waals surface area contributed by atoms with Crippen LogP contribution in [0.25, 0.3) is 21.1 Å². The number of anilines is 1. The Hall–Kier alpha value is -8.19. The van der Waals surface area contributed by atoms with Crippen molar-refractivity contribution in [2.75, 3.05) is 57.3 Å². The van der Waals surface area contributed by atoms with Gasteiger partial charge in [-0.25, -0.2) is 0 Å². The molecule has 13 atom stereocenters. The molecule has 92 heavy (non-hydrogen) atoms. The van der Waals surface area contributed by atoms with Gasteiger partial charge in [0.05, 0.1) is 43.2 Å². The van der Waals surface area contributed by atoms with Crippen molar-refractivity contribution >= 4 is 58.4 Å². The predicted molar refractivity (Wildman–Crippen MR) is 337 cm³/mol. The Balaban J connectivity index is 0.959. The van der Waals surface area contributed by atoms with Gasteiger partial charge in [-0.1, -0.05) is 66.8 Å². The molecule has 7 amide bonds. The van der Waals surface area contributed by atoms with Crippen LogP contribution in [0.1, 0.15) is 79.8 Å². The van der Waals surface area contributed by atoms with Crippen molar-refractivity contribution in [3.05, 3.63) is 114 Å². The number of fused-ring (bicyclic) bond motifs is 2. The summed E-state index contributed by atoms with van der Waals surface area (Å²) in [7, 11) is 0. The molecular weight excluding hydrogens is 1210 g/mol. The van der Waals surface area contributed by atoms with E-state index in [1.165, 1.54) is 54.2 Å². The quantitative estimate of drug-likeness (QED) is 0.0496. The summed E-state index contributed by atoms with van der Waals surface area (Å²) in [6.07, 6.45) is -9.28. The van der Waals surface area contributed by atoms with Crippen LogP contribution in [0, 0.1) is 5.92 Å². The Bertz CT molecular complexity index is 3380. The lowest BCUT2D eigenvalue weighted by Gasteiger charge is -2.34. The summed E-state index contributed by atoms with van der Waals surface area (Å²) < 4.78 is 5.65. The van der Waals surface area contributed by atoms with Crippen LogP contribution in [0.15, 0.2) is 97.1 Å². The first kappa shape index (κ1) is 68.2. The topological polar surface area (TPSA) is 418 Å². The highest BCUT2D eigenvalue weighted by molar-refractivity contribution is 7.17. The molecule has 28 heteroatoms. The van der Waals surface area contributed by atoms with Crippen molar-refractivity contribution in [1.29, 1.82) is 0 Å². The highest BCUT2D eigenvalue weighted by Gasteiger charge is 2.50. The highest BCUT2D eigenvalue weighted by Crippen LogP contribution is 2.35. The summed E-state index contributed by atoms with van der Waals surface area (Å²) in [5.74, 6) is -8.03. The number of hydrogen-bond donors (Lipinski definition) is 14. The summed E-state index contributed by atoms with van der Waals surface area (Å²) in [5, 5.41) is 102. The SMILES string of the molecule is C[C@@H](O)[C@@H]1NC(=O)[C@@H](NC(=O)c2ccc(-c3nnc(-c4ccc(N5CCC(c6ccccc6)CC5)cc4)s3)cc2)C[C@@H](O)CNC(=O)[C@@H]2[C@@H](O)[C@@H](C)CN2C(=O)[C@H]([C@H](O)CCN)NC(=O)[C@H]([C@H](O)Cc2ccc(O)c(OCCCN)c2)NC(=O)[C@@H]2C[C@@H](O)CN2C1=O. The molecule has 4 aromatic carbocycles. The molecule has 4 aliphatic heterocycles. The average molecular weight is 1290 g/mol. The summed E-state index contributed by atoms with van der Waals surface area (Å²) in [5.41, 5.74) is 15.7. The first-order chi connectivity index (χ1) is 44.1. The number of nitrogens with two attached hydrogens (primary N) is 2. The van der Waals surface area contributed by atoms with Gasteiger partial charge in [0.15, 0.2) is 11.5 Å². The van der Waals surface area contributed by atoms with Crippen LogP contribution in [0.2, 0.25) is 0 Å². The van der Waals surface area contributed by atoms with Crippen LogP contribution < -0.4 is 47.7 Å². The zero-order chi connectivity index (χ0) is 65.9. The van der Waals surface area contributed by atoms with Gasteiger partial charge in [0.1, 0.15) is 46.3 Å². The van der Waals surface area contributed by atoms with Gasteiger partial charge in [-0.3, -0.25) is 33.6 Å². The van der Waals surface area contributed by atoms with Gasteiger partial charge >= 0.3 is 0 Å². The van der Waals surface area contributed by atoms with Gasteiger partial charge in [-0.15, -0.1) is 10.2 Å². The number of amides is 7. The first-order valence-corrected chi connectivity index (χ1v) is 31.8. The Kier molecular flexibility index (Phi) is 22.9. The molecule has 9 rings (SSSR count). The third kappa shape index (κ3) is 16.3. The molecule has 27 nitrogen and oxygen atoms in total. The van der Waals surface area contributed by atoms with Crippen LogP contribution in [-0.4, -0.2) is 222 Å². The van der Waals surface area contributed by atoms with Crippen molar-refractivity contribution in [2.45, 2.75) is 138 Å². The normalized spacial score (nSPS) is 25.9. The summed E-state index contributed by atoms with van der Waals surface area (Å²) in [6, 6.07) is 18.1. The molecule has 4 saturated heterocycles. The molecule has 494 valence electrons. The minimum atomic E-state index is -2.04. The molecule has 5 heterocycles. The molecule has 4 aliphatic rings. The van der Waals surface area contributed by atoms with Gasteiger partial charge < -0.3 is 93.2 Å². The van der Waals surface area contributed by atoms with E-state index in [-0.39, 0.29) is 55.3 Å². The molecule has 5 aromatic rings. The van der Waals surface area contributed by atoms with Crippen LogP contribution >= 0.6 is 11.3 Å². The van der Waals surface area contributed by atoms with E-state index in [4.69, 9.17) is 16.2 Å². The van der Waals surface area contributed by atoms with Crippen molar-refractivity contribution in [3.63, 3.8) is 0 Å². The molecule has 16 N–H and O–H groups in total. The van der Waals surface area contributed by atoms with Crippen molar-refractivity contribution in [3.8, 4) is 32.6 Å². The lowest BCUT2D eigenvalue weighted by Crippen LogP contribution is -2.64. The maximum atomic E-state index is 14.7. The second-order valence-electron chi connectivity index (χ2n) is 24.1. The third-order valence-corrected chi connectivity index (χ3v) is 18.4. The summed E-state index contributed by atoms with van der Waals surface area (Å²) >= 11 is 1.34. The predicted octanol–water partition coefficient (Wildman–Crippen LogP) is -1.01. The number of rotatable bonds is 17. The molecule has 0 aliphatic carbocycles. The fraction of sp³-hybridized carbons (Fsp3) is 0.484.